The lowest BCUT2D eigenvalue weighted by Gasteiger charge is -2.21. The first-order valence-corrected chi connectivity index (χ1v) is 10.7. The van der Waals surface area contributed by atoms with Gasteiger partial charge in [0.2, 0.25) is 0 Å². The summed E-state index contributed by atoms with van der Waals surface area (Å²) in [4.78, 5) is 4.51. The highest BCUT2D eigenvalue weighted by Gasteiger charge is 2.30. The van der Waals surface area contributed by atoms with Crippen molar-refractivity contribution in [1.82, 2.24) is 10.0 Å². The van der Waals surface area contributed by atoms with Gasteiger partial charge >= 0.3 is 0 Å². The van der Waals surface area contributed by atoms with Gasteiger partial charge in [-0.3, -0.25) is 4.72 Å². The average molecular weight is 418 g/mol. The zero-order chi connectivity index (χ0) is 20.4. The number of rotatable bonds is 6. The van der Waals surface area contributed by atoms with E-state index in [9.17, 15) is 8.42 Å². The second kappa shape index (κ2) is 7.80. The number of hydrogen-bond acceptors (Lipinski definition) is 7. The molecule has 0 bridgehead atoms. The van der Waals surface area contributed by atoms with E-state index in [0.29, 0.717) is 30.5 Å². The van der Waals surface area contributed by atoms with Gasteiger partial charge in [-0.2, -0.15) is 18.1 Å². The topological polar surface area (TPSA) is 110 Å². The van der Waals surface area contributed by atoms with E-state index in [2.05, 4.69) is 19.8 Å². The minimum absolute atomic E-state index is 0.146. The van der Waals surface area contributed by atoms with Gasteiger partial charge in [-0.15, -0.1) is 0 Å². The number of nitrogens with one attached hydrogen (secondary N) is 3. The molecule has 0 radical (unpaired) electrons. The standard InChI is InChI=1S/C19H22N4O5S/c1-3-20-29(24,25)23-13-7-8-14-12(9-13)10-28-19(21-14)22-15-11-27-17-6-4-5-16(26-2)18(15)17/h4-9,15,20,23H,3,10-11H2,1-2H3,(H,21,22). The van der Waals surface area contributed by atoms with E-state index in [1.807, 2.05) is 18.2 Å². The maximum atomic E-state index is 11.9. The zero-order valence-corrected chi connectivity index (χ0v) is 16.9. The van der Waals surface area contributed by atoms with Crippen molar-refractivity contribution in [1.29, 1.82) is 0 Å². The minimum Gasteiger partial charge on any atom is -0.496 e. The first kappa shape index (κ1) is 19.3. The van der Waals surface area contributed by atoms with Crippen LogP contribution in [0.3, 0.4) is 0 Å². The Morgan fingerprint density at radius 2 is 2.10 bits per heavy atom. The zero-order valence-electron chi connectivity index (χ0n) is 16.1. The number of hydrogen-bond donors (Lipinski definition) is 3. The summed E-state index contributed by atoms with van der Waals surface area (Å²) in [7, 11) is -1.96. The van der Waals surface area contributed by atoms with Crippen molar-refractivity contribution < 1.29 is 22.6 Å². The number of aliphatic imine (C=N–C) groups is 1. The van der Waals surface area contributed by atoms with Gasteiger partial charge in [0.25, 0.3) is 16.2 Å². The Bertz CT molecular complexity index is 1050. The number of methoxy groups -OCH3 is 1. The Balaban J connectivity index is 1.51. The molecule has 9 nitrogen and oxygen atoms in total. The van der Waals surface area contributed by atoms with Crippen molar-refractivity contribution in [3.8, 4) is 11.5 Å². The van der Waals surface area contributed by atoms with E-state index in [4.69, 9.17) is 14.2 Å². The van der Waals surface area contributed by atoms with Gasteiger partial charge in [0.15, 0.2) is 0 Å². The number of amidine groups is 1. The maximum Gasteiger partial charge on any atom is 0.299 e. The third-order valence-corrected chi connectivity index (χ3v) is 5.72. The summed E-state index contributed by atoms with van der Waals surface area (Å²) in [6, 6.07) is 11.0. The highest BCUT2D eigenvalue weighted by molar-refractivity contribution is 7.90. The SMILES string of the molecule is CCNS(=O)(=O)Nc1ccc2c(c1)COC(NC1COc3cccc(OC)c31)=N2. The summed E-state index contributed by atoms with van der Waals surface area (Å²) in [5.74, 6) is 1.52. The molecule has 4 rings (SSSR count). The van der Waals surface area contributed by atoms with Crippen molar-refractivity contribution >= 4 is 27.6 Å². The molecule has 10 heteroatoms. The fraction of sp³-hybridized carbons (Fsp3) is 0.316. The van der Waals surface area contributed by atoms with Crippen molar-refractivity contribution in [3.05, 3.63) is 47.5 Å². The molecule has 2 aromatic carbocycles. The molecule has 0 spiro atoms. The quantitative estimate of drug-likeness (QED) is 0.663. The van der Waals surface area contributed by atoms with Crippen LogP contribution in [-0.4, -0.2) is 34.7 Å². The molecule has 0 aliphatic carbocycles. The number of anilines is 1. The lowest BCUT2D eigenvalue weighted by molar-refractivity contribution is 0.256. The van der Waals surface area contributed by atoms with E-state index in [1.165, 1.54) is 0 Å². The molecule has 1 atom stereocenters. The predicted molar refractivity (Wildman–Crippen MR) is 109 cm³/mol. The third-order valence-electron chi connectivity index (χ3n) is 4.55. The van der Waals surface area contributed by atoms with Crippen LogP contribution in [0.15, 0.2) is 41.4 Å². The van der Waals surface area contributed by atoms with Crippen LogP contribution in [0.2, 0.25) is 0 Å². The third kappa shape index (κ3) is 4.08. The van der Waals surface area contributed by atoms with E-state index >= 15 is 0 Å². The molecule has 1 unspecified atom stereocenters. The molecule has 0 saturated heterocycles. The minimum atomic E-state index is -3.59. The summed E-state index contributed by atoms with van der Waals surface area (Å²) in [6.07, 6.45) is 0. The Morgan fingerprint density at radius 1 is 1.24 bits per heavy atom. The monoisotopic (exact) mass is 418 g/mol. The smallest absolute Gasteiger partial charge is 0.299 e. The van der Waals surface area contributed by atoms with Crippen LogP contribution in [0.25, 0.3) is 0 Å². The summed E-state index contributed by atoms with van der Waals surface area (Å²) in [5, 5.41) is 3.26. The molecular weight excluding hydrogens is 396 g/mol. The predicted octanol–water partition coefficient (Wildman–Crippen LogP) is 2.20. The summed E-state index contributed by atoms with van der Waals surface area (Å²) >= 11 is 0. The molecular formula is C19H22N4O5S. The molecule has 0 amide bonds. The Morgan fingerprint density at radius 3 is 2.90 bits per heavy atom. The van der Waals surface area contributed by atoms with Crippen LogP contribution in [0.5, 0.6) is 11.5 Å². The number of nitrogens with zero attached hydrogens (tertiary/aromatic N) is 1. The Labute approximate surface area is 169 Å². The van der Waals surface area contributed by atoms with Crippen molar-refractivity contribution in [3.63, 3.8) is 0 Å². The first-order chi connectivity index (χ1) is 14.0. The van der Waals surface area contributed by atoms with Crippen LogP contribution < -0.4 is 24.2 Å². The van der Waals surface area contributed by atoms with Gasteiger partial charge in [-0.05, 0) is 30.3 Å². The maximum absolute atomic E-state index is 11.9. The molecule has 0 saturated carbocycles. The first-order valence-electron chi connectivity index (χ1n) is 9.17. The number of fused-ring (bicyclic) bond motifs is 2. The largest absolute Gasteiger partial charge is 0.496 e. The number of ether oxygens (including phenoxy) is 3. The summed E-state index contributed by atoms with van der Waals surface area (Å²) in [5.41, 5.74) is 2.88. The van der Waals surface area contributed by atoms with E-state index in [-0.39, 0.29) is 12.6 Å². The molecule has 2 heterocycles. The van der Waals surface area contributed by atoms with Gasteiger partial charge < -0.3 is 19.5 Å². The lowest BCUT2D eigenvalue weighted by Crippen LogP contribution is -2.32. The second-order valence-electron chi connectivity index (χ2n) is 6.53. The fourth-order valence-corrected chi connectivity index (χ4v) is 4.20. The highest BCUT2D eigenvalue weighted by atomic mass is 32.2. The van der Waals surface area contributed by atoms with Gasteiger partial charge in [-0.1, -0.05) is 13.0 Å². The summed E-state index contributed by atoms with van der Waals surface area (Å²) in [6.45, 7) is 2.73. The Hall–Kier alpha value is -2.98. The fourth-order valence-electron chi connectivity index (χ4n) is 3.31. The highest BCUT2D eigenvalue weighted by Crippen LogP contribution is 2.39. The molecule has 0 aromatic heterocycles. The van der Waals surface area contributed by atoms with Gasteiger partial charge in [0, 0.05) is 12.1 Å². The molecule has 2 aliphatic heterocycles. The average Bonchev–Trinajstić information content (AvgIpc) is 3.10. The van der Waals surface area contributed by atoms with Crippen LogP contribution in [0, 0.1) is 0 Å². The molecule has 3 N–H and O–H groups in total. The summed E-state index contributed by atoms with van der Waals surface area (Å²) < 4.78 is 45.5. The second-order valence-corrected chi connectivity index (χ2v) is 8.03. The Kier molecular flexibility index (Phi) is 5.20. The van der Waals surface area contributed by atoms with Crippen LogP contribution in [0.1, 0.15) is 24.1 Å². The van der Waals surface area contributed by atoms with Crippen molar-refractivity contribution in [2.24, 2.45) is 4.99 Å². The normalized spacial score (nSPS) is 17.3. The van der Waals surface area contributed by atoms with Gasteiger partial charge in [0.05, 0.1) is 30.1 Å². The van der Waals surface area contributed by atoms with Gasteiger partial charge in [-0.25, -0.2) is 0 Å². The van der Waals surface area contributed by atoms with Crippen LogP contribution in [-0.2, 0) is 21.6 Å². The van der Waals surface area contributed by atoms with Crippen LogP contribution >= 0.6 is 0 Å². The van der Waals surface area contributed by atoms with Crippen molar-refractivity contribution in [2.75, 3.05) is 25.0 Å². The van der Waals surface area contributed by atoms with Gasteiger partial charge in [0.1, 0.15) is 24.7 Å². The van der Waals surface area contributed by atoms with Crippen molar-refractivity contribution in [2.45, 2.75) is 19.6 Å². The molecule has 2 aliphatic rings. The molecule has 2 aromatic rings. The van der Waals surface area contributed by atoms with Crippen LogP contribution in [0.4, 0.5) is 11.4 Å². The van der Waals surface area contributed by atoms with E-state index in [1.54, 1.807) is 32.2 Å². The lowest BCUT2D eigenvalue weighted by atomic mass is 10.1. The molecule has 154 valence electrons. The molecule has 0 fully saturated rings. The molecule has 29 heavy (non-hydrogen) atoms. The number of benzene rings is 2. The van der Waals surface area contributed by atoms with E-state index in [0.717, 1.165) is 22.6 Å². The van der Waals surface area contributed by atoms with E-state index < -0.39 is 10.2 Å².